The van der Waals surface area contributed by atoms with Crippen LogP contribution in [-0.2, 0) is 6.42 Å². The summed E-state index contributed by atoms with van der Waals surface area (Å²) in [7, 11) is 0. The van der Waals surface area contributed by atoms with Crippen LogP contribution in [0.1, 0.15) is 15.9 Å². The highest BCUT2D eigenvalue weighted by Crippen LogP contribution is 2.29. The van der Waals surface area contributed by atoms with E-state index in [9.17, 15) is 18.0 Å². The molecule has 0 fully saturated rings. The predicted molar refractivity (Wildman–Crippen MR) is 73.0 cm³/mol. The molecule has 0 bridgehead atoms. The number of ketones is 1. The maximum Gasteiger partial charge on any atom is 0.187 e. The van der Waals surface area contributed by atoms with Crippen LogP contribution in [0.3, 0.4) is 0 Å². The Kier molecular flexibility index (Phi) is 3.41. The summed E-state index contributed by atoms with van der Waals surface area (Å²) < 4.78 is 40.5. The second-order valence-electron chi connectivity index (χ2n) is 4.96. The molecule has 2 aromatic rings. The largest absolute Gasteiger partial charge is 0.363 e. The molecule has 2 aromatic carbocycles. The third-order valence-electron chi connectivity index (χ3n) is 3.62. The van der Waals surface area contributed by atoms with Crippen LogP contribution in [0.25, 0.3) is 0 Å². The lowest BCUT2D eigenvalue weighted by molar-refractivity contribution is 0.0991. The van der Waals surface area contributed by atoms with Crippen LogP contribution >= 0.6 is 0 Å². The van der Waals surface area contributed by atoms with Crippen LogP contribution in [0.5, 0.6) is 0 Å². The minimum Gasteiger partial charge on any atom is -0.363 e. The van der Waals surface area contributed by atoms with Crippen molar-refractivity contribution >= 4 is 11.5 Å². The Morgan fingerprint density at radius 2 is 1.81 bits per heavy atom. The highest BCUT2D eigenvalue weighted by Gasteiger charge is 2.24. The number of anilines is 1. The zero-order valence-corrected chi connectivity index (χ0v) is 11.1. The standard InChI is InChI=1S/C16H12F3NO/c17-11-5-4-10-6-7-20(14(10)8-11)9-15(21)16-12(18)2-1-3-13(16)19/h1-5,8H,6-7,9H2. The first-order chi connectivity index (χ1) is 10.1. The minimum atomic E-state index is -0.876. The van der Waals surface area contributed by atoms with Gasteiger partial charge in [-0.2, -0.15) is 0 Å². The Morgan fingerprint density at radius 3 is 2.52 bits per heavy atom. The van der Waals surface area contributed by atoms with E-state index in [1.165, 1.54) is 18.2 Å². The topological polar surface area (TPSA) is 20.3 Å². The number of hydrogen-bond acceptors (Lipinski definition) is 2. The van der Waals surface area contributed by atoms with Gasteiger partial charge in [-0.3, -0.25) is 4.79 Å². The number of fused-ring (bicyclic) bond motifs is 1. The quantitative estimate of drug-likeness (QED) is 0.808. The summed E-state index contributed by atoms with van der Waals surface area (Å²) in [5.74, 6) is -2.80. The molecule has 21 heavy (non-hydrogen) atoms. The molecule has 5 heteroatoms. The van der Waals surface area contributed by atoms with Gasteiger partial charge in [-0.25, -0.2) is 13.2 Å². The van der Waals surface area contributed by atoms with E-state index in [2.05, 4.69) is 0 Å². The lowest BCUT2D eigenvalue weighted by atomic mass is 10.1. The molecule has 0 saturated heterocycles. The van der Waals surface area contributed by atoms with E-state index >= 15 is 0 Å². The van der Waals surface area contributed by atoms with E-state index in [1.54, 1.807) is 11.0 Å². The summed E-state index contributed by atoms with van der Waals surface area (Å²) in [6.45, 7) is 0.356. The highest BCUT2D eigenvalue weighted by atomic mass is 19.1. The van der Waals surface area contributed by atoms with Crippen LogP contribution in [0, 0.1) is 17.5 Å². The number of rotatable bonds is 3. The number of halogens is 3. The number of carbonyl (C=O) groups is 1. The van der Waals surface area contributed by atoms with Crippen molar-refractivity contribution in [3.8, 4) is 0 Å². The van der Waals surface area contributed by atoms with E-state index in [4.69, 9.17) is 0 Å². The molecule has 0 saturated carbocycles. The highest BCUT2D eigenvalue weighted by molar-refractivity contribution is 6.00. The van der Waals surface area contributed by atoms with Crippen molar-refractivity contribution in [1.82, 2.24) is 0 Å². The van der Waals surface area contributed by atoms with Gasteiger partial charge in [0.1, 0.15) is 17.5 Å². The fourth-order valence-corrected chi connectivity index (χ4v) is 2.60. The van der Waals surface area contributed by atoms with E-state index < -0.39 is 28.8 Å². The van der Waals surface area contributed by atoms with Gasteiger partial charge in [0.25, 0.3) is 0 Å². The zero-order valence-electron chi connectivity index (χ0n) is 11.1. The Morgan fingerprint density at radius 1 is 1.10 bits per heavy atom. The molecule has 0 N–H and O–H groups in total. The van der Waals surface area contributed by atoms with E-state index in [1.807, 2.05) is 0 Å². The predicted octanol–water partition coefficient (Wildman–Crippen LogP) is 3.35. The maximum atomic E-state index is 13.6. The summed E-state index contributed by atoms with van der Waals surface area (Å²) in [4.78, 5) is 13.8. The van der Waals surface area contributed by atoms with Gasteiger partial charge in [-0.15, -0.1) is 0 Å². The molecule has 0 amide bonds. The van der Waals surface area contributed by atoms with Gasteiger partial charge >= 0.3 is 0 Å². The lowest BCUT2D eigenvalue weighted by Crippen LogP contribution is -2.29. The van der Waals surface area contributed by atoms with Gasteiger partial charge in [0.05, 0.1) is 12.1 Å². The second-order valence-corrected chi connectivity index (χ2v) is 4.96. The van der Waals surface area contributed by atoms with Crippen LogP contribution < -0.4 is 4.90 Å². The first kappa shape index (κ1) is 13.7. The van der Waals surface area contributed by atoms with E-state index in [0.29, 0.717) is 18.7 Å². The lowest BCUT2D eigenvalue weighted by Gasteiger charge is -2.18. The third kappa shape index (κ3) is 2.51. The summed E-state index contributed by atoms with van der Waals surface area (Å²) in [5.41, 5.74) is 1.00. The summed E-state index contributed by atoms with van der Waals surface area (Å²) in [6.07, 6.45) is 0.683. The molecule has 0 spiro atoms. The molecule has 1 heterocycles. The molecule has 1 aliphatic rings. The second kappa shape index (κ2) is 5.24. The van der Waals surface area contributed by atoms with Gasteiger partial charge < -0.3 is 4.90 Å². The van der Waals surface area contributed by atoms with Crippen molar-refractivity contribution in [2.75, 3.05) is 18.0 Å². The molecule has 1 aliphatic heterocycles. The number of hydrogen-bond donors (Lipinski definition) is 0. The smallest absolute Gasteiger partial charge is 0.187 e. The zero-order chi connectivity index (χ0) is 15.0. The molecule has 0 atom stereocenters. The average Bonchev–Trinajstić information content (AvgIpc) is 2.81. The Balaban J connectivity index is 1.86. The number of benzene rings is 2. The monoisotopic (exact) mass is 291 g/mol. The molecule has 3 rings (SSSR count). The SMILES string of the molecule is O=C(CN1CCc2ccc(F)cc21)c1c(F)cccc1F. The van der Waals surface area contributed by atoms with Crippen LogP contribution in [0.15, 0.2) is 36.4 Å². The van der Waals surface area contributed by atoms with Crippen molar-refractivity contribution in [3.63, 3.8) is 0 Å². The Labute approximate surface area is 119 Å². The Hall–Kier alpha value is -2.30. The van der Waals surface area contributed by atoms with Gasteiger partial charge in [0.2, 0.25) is 0 Å². The fraction of sp³-hybridized carbons (Fsp3) is 0.188. The van der Waals surface area contributed by atoms with Gasteiger partial charge in [-0.05, 0) is 36.2 Å². The van der Waals surface area contributed by atoms with Gasteiger partial charge in [0.15, 0.2) is 5.78 Å². The summed E-state index contributed by atoms with van der Waals surface area (Å²) in [5, 5.41) is 0. The molecule has 2 nitrogen and oxygen atoms in total. The summed E-state index contributed by atoms with van der Waals surface area (Å²) in [6, 6.07) is 7.68. The number of nitrogens with zero attached hydrogens (tertiary/aromatic N) is 1. The van der Waals surface area contributed by atoms with Crippen molar-refractivity contribution < 1.29 is 18.0 Å². The van der Waals surface area contributed by atoms with Gasteiger partial charge in [-0.1, -0.05) is 12.1 Å². The minimum absolute atomic E-state index is 0.172. The van der Waals surface area contributed by atoms with Crippen LogP contribution in [-0.4, -0.2) is 18.9 Å². The summed E-state index contributed by atoms with van der Waals surface area (Å²) >= 11 is 0. The molecule has 0 radical (unpaired) electrons. The third-order valence-corrected chi connectivity index (χ3v) is 3.62. The fourth-order valence-electron chi connectivity index (χ4n) is 2.60. The van der Waals surface area contributed by atoms with E-state index in [0.717, 1.165) is 17.7 Å². The number of carbonyl (C=O) groups excluding carboxylic acids is 1. The molecule has 0 aromatic heterocycles. The number of Topliss-reactive ketones (excluding diaryl/α,β-unsaturated/α-hetero) is 1. The molecule has 0 unspecified atom stereocenters. The molecular weight excluding hydrogens is 279 g/mol. The van der Waals surface area contributed by atoms with Crippen molar-refractivity contribution in [2.24, 2.45) is 0 Å². The average molecular weight is 291 g/mol. The van der Waals surface area contributed by atoms with Crippen molar-refractivity contribution in [2.45, 2.75) is 6.42 Å². The van der Waals surface area contributed by atoms with Crippen LogP contribution in [0.4, 0.5) is 18.9 Å². The van der Waals surface area contributed by atoms with Crippen molar-refractivity contribution in [1.29, 1.82) is 0 Å². The van der Waals surface area contributed by atoms with Gasteiger partial charge in [0, 0.05) is 12.2 Å². The van der Waals surface area contributed by atoms with Crippen molar-refractivity contribution in [3.05, 3.63) is 65.0 Å². The molecule has 108 valence electrons. The first-order valence-electron chi connectivity index (χ1n) is 6.57. The first-order valence-corrected chi connectivity index (χ1v) is 6.57. The maximum absolute atomic E-state index is 13.6. The normalized spacial score (nSPS) is 13.4. The molecular formula is C16H12F3NO. The van der Waals surface area contributed by atoms with E-state index in [-0.39, 0.29) is 6.54 Å². The Bertz CT molecular complexity index is 694. The van der Waals surface area contributed by atoms with Crippen LogP contribution in [0.2, 0.25) is 0 Å². The molecule has 0 aliphatic carbocycles.